The molecule has 0 atom stereocenters. The van der Waals surface area contributed by atoms with Gasteiger partial charge in [0.15, 0.2) is 5.39 Å². The van der Waals surface area contributed by atoms with Gasteiger partial charge >= 0.3 is 0 Å². The Hall–Kier alpha value is -3.54. The van der Waals surface area contributed by atoms with Crippen molar-refractivity contribution in [1.82, 2.24) is 9.55 Å². The maximum atomic E-state index is 13.2. The maximum Gasteiger partial charge on any atom is 0.269 e. The summed E-state index contributed by atoms with van der Waals surface area (Å²) in [5.74, 6) is -0.120. The number of nitrogens with zero attached hydrogens (tertiary/aromatic N) is 2. The van der Waals surface area contributed by atoms with Gasteiger partial charge < -0.3 is 4.42 Å². The number of halogens is 1. The van der Waals surface area contributed by atoms with E-state index in [2.05, 4.69) is 11.6 Å². The lowest BCUT2D eigenvalue weighted by Crippen LogP contribution is -2.27. The largest absolute Gasteiger partial charge is 0.437 e. The quantitative estimate of drug-likeness (QED) is 0.420. The van der Waals surface area contributed by atoms with E-state index < -0.39 is 16.8 Å². The first-order valence-corrected chi connectivity index (χ1v) is 7.93. The van der Waals surface area contributed by atoms with Crippen LogP contribution < -0.4 is 11.0 Å². The number of hydrogen-bond donors (Lipinski definition) is 0. The molecule has 128 valence electrons. The van der Waals surface area contributed by atoms with Gasteiger partial charge in [0.2, 0.25) is 11.1 Å². The van der Waals surface area contributed by atoms with Crippen LogP contribution in [0.1, 0.15) is 0 Å². The van der Waals surface area contributed by atoms with Crippen molar-refractivity contribution < 1.29 is 8.81 Å². The van der Waals surface area contributed by atoms with Crippen LogP contribution in [0.5, 0.6) is 0 Å². The van der Waals surface area contributed by atoms with E-state index in [1.807, 2.05) is 0 Å². The molecule has 0 aliphatic heterocycles. The van der Waals surface area contributed by atoms with Gasteiger partial charge in [-0.15, -0.1) is 6.58 Å². The molecule has 0 N–H and O–H groups in total. The Kier molecular flexibility index (Phi) is 3.73. The van der Waals surface area contributed by atoms with E-state index in [4.69, 9.17) is 4.42 Å². The fraction of sp³-hybridized carbons (Fsp3) is 0.0500. The number of benzene rings is 2. The Bertz CT molecular complexity index is 1270. The zero-order valence-electron chi connectivity index (χ0n) is 13.6. The minimum Gasteiger partial charge on any atom is -0.437 e. The molecule has 2 aromatic carbocycles. The molecule has 2 heterocycles. The minimum absolute atomic E-state index is 0.0432. The van der Waals surface area contributed by atoms with Crippen molar-refractivity contribution in [2.75, 3.05) is 0 Å². The van der Waals surface area contributed by atoms with Gasteiger partial charge in [0.1, 0.15) is 17.2 Å². The standard InChI is InChI=1S/C20H13FN2O3/c1-2-11-23-18(12-7-9-13(21)10-8-12)22-19-16(20(23)25)17(24)14-5-3-4-6-15(14)26-19/h2-10H,1,11H2. The van der Waals surface area contributed by atoms with Crippen LogP contribution >= 0.6 is 0 Å². The highest BCUT2D eigenvalue weighted by Crippen LogP contribution is 2.21. The summed E-state index contributed by atoms with van der Waals surface area (Å²) in [6.45, 7) is 3.80. The Balaban J connectivity index is 2.15. The van der Waals surface area contributed by atoms with Gasteiger partial charge in [-0.05, 0) is 36.4 Å². The molecule has 0 amide bonds. The lowest BCUT2D eigenvalue weighted by molar-refractivity contribution is 0.627. The van der Waals surface area contributed by atoms with Crippen molar-refractivity contribution in [2.24, 2.45) is 0 Å². The van der Waals surface area contributed by atoms with E-state index in [0.29, 0.717) is 16.5 Å². The smallest absolute Gasteiger partial charge is 0.269 e. The molecule has 0 spiro atoms. The summed E-state index contributed by atoms with van der Waals surface area (Å²) in [5, 5.41) is 0.204. The highest BCUT2D eigenvalue weighted by Gasteiger charge is 2.18. The van der Waals surface area contributed by atoms with Crippen LogP contribution in [0.15, 0.2) is 75.2 Å². The third-order valence-corrected chi connectivity index (χ3v) is 4.12. The molecule has 0 fully saturated rings. The second kappa shape index (κ2) is 6.07. The van der Waals surface area contributed by atoms with E-state index in [9.17, 15) is 14.0 Å². The molecule has 4 rings (SSSR count). The topological polar surface area (TPSA) is 65.1 Å². The number of hydrogen-bond acceptors (Lipinski definition) is 4. The number of rotatable bonds is 3. The van der Waals surface area contributed by atoms with E-state index in [1.54, 1.807) is 24.3 Å². The van der Waals surface area contributed by atoms with Crippen LogP contribution in [0.25, 0.3) is 33.5 Å². The van der Waals surface area contributed by atoms with Gasteiger partial charge in [0, 0.05) is 12.1 Å². The van der Waals surface area contributed by atoms with Gasteiger partial charge in [-0.2, -0.15) is 4.98 Å². The van der Waals surface area contributed by atoms with Gasteiger partial charge in [-0.3, -0.25) is 14.2 Å². The summed E-state index contributed by atoms with van der Waals surface area (Å²) in [6, 6.07) is 12.3. The van der Waals surface area contributed by atoms with Crippen molar-refractivity contribution in [3.63, 3.8) is 0 Å². The number of para-hydroxylation sites is 1. The van der Waals surface area contributed by atoms with Crippen LogP contribution in [0.2, 0.25) is 0 Å². The zero-order valence-corrected chi connectivity index (χ0v) is 13.6. The molecule has 0 saturated carbocycles. The van der Waals surface area contributed by atoms with E-state index in [-0.39, 0.29) is 23.5 Å². The summed E-state index contributed by atoms with van der Waals surface area (Å²) in [7, 11) is 0. The predicted octanol–water partition coefficient (Wildman–Crippen LogP) is 3.50. The number of aromatic nitrogens is 2. The van der Waals surface area contributed by atoms with E-state index in [1.165, 1.54) is 34.9 Å². The summed E-state index contributed by atoms with van der Waals surface area (Å²) in [5.41, 5.74) is -0.110. The average molecular weight is 348 g/mol. The third kappa shape index (κ3) is 2.43. The molecule has 0 saturated heterocycles. The Morgan fingerprint density at radius 2 is 1.85 bits per heavy atom. The van der Waals surface area contributed by atoms with Crippen molar-refractivity contribution in [2.45, 2.75) is 6.54 Å². The van der Waals surface area contributed by atoms with Crippen molar-refractivity contribution in [1.29, 1.82) is 0 Å². The lowest BCUT2D eigenvalue weighted by Gasteiger charge is -2.11. The molecule has 5 nitrogen and oxygen atoms in total. The monoisotopic (exact) mass is 348 g/mol. The second-order valence-electron chi connectivity index (χ2n) is 5.75. The first-order valence-electron chi connectivity index (χ1n) is 7.93. The van der Waals surface area contributed by atoms with Crippen LogP contribution in [-0.2, 0) is 6.54 Å². The molecule has 0 aliphatic carbocycles. The Morgan fingerprint density at radius 3 is 2.58 bits per heavy atom. The number of fused-ring (bicyclic) bond motifs is 2. The van der Waals surface area contributed by atoms with Crippen LogP contribution in [0.3, 0.4) is 0 Å². The lowest BCUT2D eigenvalue weighted by atomic mass is 10.1. The third-order valence-electron chi connectivity index (χ3n) is 4.12. The van der Waals surface area contributed by atoms with Gasteiger partial charge in [0.25, 0.3) is 5.56 Å². The zero-order chi connectivity index (χ0) is 18.3. The summed E-state index contributed by atoms with van der Waals surface area (Å²) >= 11 is 0. The van der Waals surface area contributed by atoms with Gasteiger partial charge in [-0.1, -0.05) is 18.2 Å². The summed E-state index contributed by atoms with van der Waals surface area (Å²) in [6.07, 6.45) is 1.53. The van der Waals surface area contributed by atoms with Crippen molar-refractivity contribution in [3.05, 3.63) is 87.6 Å². The Morgan fingerprint density at radius 1 is 1.12 bits per heavy atom. The molecule has 0 aliphatic rings. The molecule has 4 aromatic rings. The second-order valence-corrected chi connectivity index (χ2v) is 5.75. The normalized spacial score (nSPS) is 11.1. The van der Waals surface area contributed by atoms with Crippen molar-refractivity contribution >= 4 is 22.1 Å². The van der Waals surface area contributed by atoms with Gasteiger partial charge in [0.05, 0.1) is 5.39 Å². The molecule has 6 heteroatoms. The molecular weight excluding hydrogens is 335 g/mol. The van der Waals surface area contributed by atoms with E-state index >= 15 is 0 Å². The Labute approximate surface area is 146 Å². The number of allylic oxidation sites excluding steroid dienone is 1. The molecule has 26 heavy (non-hydrogen) atoms. The molecular formula is C20H13FN2O3. The average Bonchev–Trinajstić information content (AvgIpc) is 2.64. The first-order chi connectivity index (χ1) is 12.6. The first kappa shape index (κ1) is 16.0. The molecule has 0 bridgehead atoms. The maximum absolute atomic E-state index is 13.2. The summed E-state index contributed by atoms with van der Waals surface area (Å²) in [4.78, 5) is 30.1. The van der Waals surface area contributed by atoms with Crippen LogP contribution in [-0.4, -0.2) is 9.55 Å². The van der Waals surface area contributed by atoms with Crippen molar-refractivity contribution in [3.8, 4) is 11.4 Å². The summed E-state index contributed by atoms with van der Waals surface area (Å²) < 4.78 is 20.3. The molecule has 0 unspecified atom stereocenters. The van der Waals surface area contributed by atoms with Crippen LogP contribution in [0.4, 0.5) is 4.39 Å². The highest BCUT2D eigenvalue weighted by atomic mass is 19.1. The van der Waals surface area contributed by atoms with Gasteiger partial charge in [-0.25, -0.2) is 4.39 Å². The fourth-order valence-electron chi connectivity index (χ4n) is 2.90. The van der Waals surface area contributed by atoms with E-state index in [0.717, 1.165) is 0 Å². The molecule has 0 radical (unpaired) electrons. The molecule has 2 aromatic heterocycles. The van der Waals surface area contributed by atoms with Crippen LogP contribution in [0, 0.1) is 5.82 Å². The highest BCUT2D eigenvalue weighted by molar-refractivity contribution is 5.88. The fourth-order valence-corrected chi connectivity index (χ4v) is 2.90. The SMILES string of the molecule is C=CCn1c(-c2ccc(F)cc2)nc2oc3ccccc3c(=O)c2c1=O. The predicted molar refractivity (Wildman–Crippen MR) is 97.6 cm³/mol. The minimum atomic E-state index is -0.520.